The van der Waals surface area contributed by atoms with Crippen LogP contribution in [-0.2, 0) is 16.6 Å². The largest absolute Gasteiger partial charge is 0.392 e. The summed E-state index contributed by atoms with van der Waals surface area (Å²) in [6, 6.07) is 3.04. The summed E-state index contributed by atoms with van der Waals surface area (Å²) in [6.07, 6.45) is 3.14. The maximum atomic E-state index is 12.5. The number of hydrogen-bond acceptors (Lipinski definition) is 4. The number of hydrogen-bond donors (Lipinski definition) is 1. The fourth-order valence-electron chi connectivity index (χ4n) is 2.30. The molecule has 1 aromatic rings. The van der Waals surface area contributed by atoms with Gasteiger partial charge in [0, 0.05) is 18.3 Å². The molecule has 0 unspecified atom stereocenters. The maximum Gasteiger partial charge on any atom is 0.261 e. The lowest BCUT2D eigenvalue weighted by Crippen LogP contribution is -2.42. The normalized spacial score (nSPS) is 20.2. The lowest BCUT2D eigenvalue weighted by Gasteiger charge is -2.30. The molecular formula is C12H18N2O3S. The van der Waals surface area contributed by atoms with E-state index in [-0.39, 0.29) is 17.2 Å². The molecule has 0 bridgehead atoms. The molecule has 1 N–H and O–H groups in total. The second-order valence-corrected chi connectivity index (χ2v) is 6.97. The average molecular weight is 270 g/mol. The van der Waals surface area contributed by atoms with E-state index in [4.69, 9.17) is 5.11 Å². The molecule has 1 aromatic heterocycles. The maximum absolute atomic E-state index is 12.5. The summed E-state index contributed by atoms with van der Waals surface area (Å²) in [5.74, 6) is 0. The van der Waals surface area contributed by atoms with Gasteiger partial charge in [-0.25, -0.2) is 13.4 Å². The van der Waals surface area contributed by atoms with Crippen molar-refractivity contribution >= 4 is 10.0 Å². The van der Waals surface area contributed by atoms with E-state index >= 15 is 0 Å². The van der Waals surface area contributed by atoms with Crippen molar-refractivity contribution in [1.82, 2.24) is 9.29 Å². The van der Waals surface area contributed by atoms with E-state index in [1.165, 1.54) is 16.6 Å². The van der Waals surface area contributed by atoms with E-state index in [9.17, 15) is 8.42 Å². The standard InChI is InChI=1S/C12H18N2O3S/c1-12(2)6-3-7-14(12)18(16,17)11-5-4-10(9-15)8-13-11/h4-5,8,15H,3,6-7,9H2,1-2H3. The number of aliphatic hydroxyl groups is 1. The minimum atomic E-state index is -3.53. The van der Waals surface area contributed by atoms with Gasteiger partial charge in [-0.3, -0.25) is 0 Å². The van der Waals surface area contributed by atoms with Crippen molar-refractivity contribution in [1.29, 1.82) is 0 Å². The van der Waals surface area contributed by atoms with Crippen LogP contribution < -0.4 is 0 Å². The van der Waals surface area contributed by atoms with Crippen molar-refractivity contribution in [2.45, 2.75) is 43.9 Å². The van der Waals surface area contributed by atoms with E-state index in [2.05, 4.69) is 4.98 Å². The zero-order valence-electron chi connectivity index (χ0n) is 10.6. The van der Waals surface area contributed by atoms with Crippen LogP contribution in [0.1, 0.15) is 32.3 Å². The summed E-state index contributed by atoms with van der Waals surface area (Å²) in [4.78, 5) is 3.94. The topological polar surface area (TPSA) is 70.5 Å². The lowest BCUT2D eigenvalue weighted by atomic mass is 10.0. The van der Waals surface area contributed by atoms with Crippen LogP contribution in [0.15, 0.2) is 23.4 Å². The summed E-state index contributed by atoms with van der Waals surface area (Å²) in [6.45, 7) is 4.26. The second-order valence-electron chi connectivity index (χ2n) is 5.16. The van der Waals surface area contributed by atoms with Crippen molar-refractivity contribution in [3.63, 3.8) is 0 Å². The third kappa shape index (κ3) is 2.28. The zero-order valence-corrected chi connectivity index (χ0v) is 11.4. The average Bonchev–Trinajstić information content (AvgIpc) is 2.69. The predicted octanol–water partition coefficient (Wildman–Crippen LogP) is 1.14. The smallest absolute Gasteiger partial charge is 0.261 e. The Labute approximate surface area is 108 Å². The molecule has 2 rings (SSSR count). The Morgan fingerprint density at radius 1 is 1.44 bits per heavy atom. The quantitative estimate of drug-likeness (QED) is 0.894. The lowest BCUT2D eigenvalue weighted by molar-refractivity contribution is 0.280. The minimum absolute atomic E-state index is 0.0506. The van der Waals surface area contributed by atoms with E-state index < -0.39 is 10.0 Å². The number of nitrogens with zero attached hydrogens (tertiary/aromatic N) is 2. The van der Waals surface area contributed by atoms with Gasteiger partial charge >= 0.3 is 0 Å². The van der Waals surface area contributed by atoms with Crippen molar-refractivity contribution in [2.24, 2.45) is 0 Å². The van der Waals surface area contributed by atoms with E-state index in [1.807, 2.05) is 13.8 Å². The first kappa shape index (κ1) is 13.5. The number of sulfonamides is 1. The van der Waals surface area contributed by atoms with Crippen LogP contribution >= 0.6 is 0 Å². The molecule has 1 fully saturated rings. The Morgan fingerprint density at radius 2 is 2.17 bits per heavy atom. The molecule has 0 radical (unpaired) electrons. The SMILES string of the molecule is CC1(C)CCCN1S(=O)(=O)c1ccc(CO)cn1. The van der Waals surface area contributed by atoms with E-state index in [0.717, 1.165) is 12.8 Å². The van der Waals surface area contributed by atoms with Gasteiger partial charge < -0.3 is 5.11 Å². The Kier molecular flexibility index (Phi) is 3.44. The van der Waals surface area contributed by atoms with Gasteiger partial charge in [0.15, 0.2) is 5.03 Å². The van der Waals surface area contributed by atoms with Gasteiger partial charge in [-0.1, -0.05) is 6.07 Å². The fourth-order valence-corrected chi connectivity index (χ4v) is 4.06. The molecule has 0 atom stereocenters. The fraction of sp³-hybridized carbons (Fsp3) is 0.583. The summed E-state index contributed by atoms with van der Waals surface area (Å²) in [5.41, 5.74) is 0.255. The Hall–Kier alpha value is -0.980. The van der Waals surface area contributed by atoms with Gasteiger partial charge in [0.1, 0.15) is 0 Å². The molecular weight excluding hydrogens is 252 g/mol. The van der Waals surface area contributed by atoms with Crippen molar-refractivity contribution in [2.75, 3.05) is 6.54 Å². The molecule has 5 nitrogen and oxygen atoms in total. The molecule has 0 spiro atoms. The van der Waals surface area contributed by atoms with Crippen molar-refractivity contribution in [3.05, 3.63) is 23.9 Å². The predicted molar refractivity (Wildman–Crippen MR) is 67.4 cm³/mol. The molecule has 1 aliphatic rings. The Bertz CT molecular complexity index is 523. The highest BCUT2D eigenvalue weighted by Gasteiger charge is 2.41. The van der Waals surface area contributed by atoms with Crippen LogP contribution in [-0.4, -0.2) is 34.9 Å². The van der Waals surface area contributed by atoms with Gasteiger partial charge in [-0.15, -0.1) is 0 Å². The van der Waals surface area contributed by atoms with Crippen LogP contribution in [0.25, 0.3) is 0 Å². The van der Waals surface area contributed by atoms with Gasteiger partial charge in [0.25, 0.3) is 10.0 Å². The molecule has 100 valence electrons. The first-order chi connectivity index (χ1) is 8.38. The Balaban J connectivity index is 2.36. The van der Waals surface area contributed by atoms with Crippen LogP contribution in [0.5, 0.6) is 0 Å². The minimum Gasteiger partial charge on any atom is -0.392 e. The molecule has 2 heterocycles. The van der Waals surface area contributed by atoms with Crippen molar-refractivity contribution < 1.29 is 13.5 Å². The number of aliphatic hydroxyl groups excluding tert-OH is 1. The number of aromatic nitrogens is 1. The molecule has 6 heteroatoms. The highest BCUT2D eigenvalue weighted by Crippen LogP contribution is 2.33. The van der Waals surface area contributed by atoms with Gasteiger partial charge in [-0.2, -0.15) is 4.31 Å². The van der Waals surface area contributed by atoms with Crippen LogP contribution in [0.3, 0.4) is 0 Å². The summed E-state index contributed by atoms with van der Waals surface area (Å²) in [5, 5.41) is 8.98. The third-order valence-electron chi connectivity index (χ3n) is 3.36. The van der Waals surface area contributed by atoms with Crippen LogP contribution in [0, 0.1) is 0 Å². The molecule has 0 aliphatic carbocycles. The first-order valence-electron chi connectivity index (χ1n) is 5.96. The van der Waals surface area contributed by atoms with Gasteiger partial charge in [-0.05, 0) is 38.3 Å². The number of rotatable bonds is 3. The van der Waals surface area contributed by atoms with Crippen LogP contribution in [0.4, 0.5) is 0 Å². The third-order valence-corrected chi connectivity index (χ3v) is 5.39. The van der Waals surface area contributed by atoms with Crippen molar-refractivity contribution in [3.8, 4) is 0 Å². The van der Waals surface area contributed by atoms with E-state index in [1.54, 1.807) is 6.07 Å². The first-order valence-corrected chi connectivity index (χ1v) is 7.40. The van der Waals surface area contributed by atoms with E-state index in [0.29, 0.717) is 12.1 Å². The monoisotopic (exact) mass is 270 g/mol. The second kappa shape index (κ2) is 4.60. The molecule has 0 saturated carbocycles. The highest BCUT2D eigenvalue weighted by atomic mass is 32.2. The summed E-state index contributed by atoms with van der Waals surface area (Å²) in [7, 11) is -3.53. The van der Waals surface area contributed by atoms with Gasteiger partial charge in [0.05, 0.1) is 6.61 Å². The summed E-state index contributed by atoms with van der Waals surface area (Å²) < 4.78 is 26.4. The Morgan fingerprint density at radius 3 is 2.61 bits per heavy atom. The molecule has 18 heavy (non-hydrogen) atoms. The molecule has 0 aromatic carbocycles. The highest BCUT2D eigenvalue weighted by molar-refractivity contribution is 7.89. The summed E-state index contributed by atoms with van der Waals surface area (Å²) >= 11 is 0. The molecule has 1 aliphatic heterocycles. The van der Waals surface area contributed by atoms with Gasteiger partial charge in [0.2, 0.25) is 0 Å². The van der Waals surface area contributed by atoms with Crippen LogP contribution in [0.2, 0.25) is 0 Å². The zero-order chi connectivity index (χ0) is 13.4. The molecule has 0 amide bonds. The number of pyridine rings is 1. The molecule has 1 saturated heterocycles.